The smallest absolute Gasteiger partial charge is 0.272 e. The summed E-state index contributed by atoms with van der Waals surface area (Å²) in [6.45, 7) is 6.52. The largest absolute Gasteiger partial charge is 0.494 e. The lowest BCUT2D eigenvalue weighted by Gasteiger charge is -2.22. The van der Waals surface area contributed by atoms with E-state index in [-0.39, 0.29) is 24.9 Å². The quantitative estimate of drug-likeness (QED) is 0.544. The number of aromatic nitrogens is 1. The number of benzene rings is 2. The molecule has 1 heterocycles. The first-order valence-corrected chi connectivity index (χ1v) is 10.0. The van der Waals surface area contributed by atoms with Crippen LogP contribution in [0.2, 0.25) is 0 Å². The van der Waals surface area contributed by atoms with Crippen molar-refractivity contribution < 1.29 is 14.6 Å². The van der Waals surface area contributed by atoms with Crippen molar-refractivity contribution in [1.82, 2.24) is 14.8 Å². The molecule has 2 N–H and O–H groups in total. The second kappa shape index (κ2) is 11.0. The SMILES string of the molecule is CCN(CC)CC(O)CNC(=O)c1c(OC)c2ccccc2n1-c1ccccc1.Cl. The number of carbonyl (C=O) groups excluding carboxylic acids is 1. The second-order valence-corrected chi connectivity index (χ2v) is 6.92. The number of likely N-dealkylation sites (N-methyl/N-ethyl adjacent to an activating group) is 1. The maximum Gasteiger partial charge on any atom is 0.272 e. The van der Waals surface area contributed by atoms with Gasteiger partial charge in [-0.2, -0.15) is 0 Å². The first-order valence-electron chi connectivity index (χ1n) is 10.0. The van der Waals surface area contributed by atoms with Gasteiger partial charge in [0.15, 0.2) is 11.4 Å². The Morgan fingerprint density at radius 2 is 1.73 bits per heavy atom. The lowest BCUT2D eigenvalue weighted by atomic mass is 10.2. The highest BCUT2D eigenvalue weighted by Crippen LogP contribution is 2.35. The number of nitrogens with one attached hydrogen (secondary N) is 1. The van der Waals surface area contributed by atoms with Gasteiger partial charge in [-0.1, -0.05) is 44.2 Å². The number of methoxy groups -OCH3 is 1. The second-order valence-electron chi connectivity index (χ2n) is 6.92. The van der Waals surface area contributed by atoms with Crippen molar-refractivity contribution in [3.05, 3.63) is 60.3 Å². The number of fused-ring (bicyclic) bond motifs is 1. The van der Waals surface area contributed by atoms with Gasteiger partial charge in [-0.3, -0.25) is 4.79 Å². The van der Waals surface area contributed by atoms with Crippen LogP contribution in [0.4, 0.5) is 0 Å². The highest BCUT2D eigenvalue weighted by atomic mass is 35.5. The fourth-order valence-corrected chi connectivity index (χ4v) is 3.61. The zero-order valence-corrected chi connectivity index (χ0v) is 18.5. The van der Waals surface area contributed by atoms with E-state index in [1.54, 1.807) is 7.11 Å². The lowest BCUT2D eigenvalue weighted by Crippen LogP contribution is -2.40. The molecule has 0 bridgehead atoms. The minimum absolute atomic E-state index is 0. The van der Waals surface area contributed by atoms with E-state index in [2.05, 4.69) is 24.1 Å². The minimum atomic E-state index is -0.639. The van der Waals surface area contributed by atoms with Gasteiger partial charge in [-0.25, -0.2) is 0 Å². The van der Waals surface area contributed by atoms with Gasteiger partial charge in [0.05, 0.1) is 18.7 Å². The fourth-order valence-electron chi connectivity index (χ4n) is 3.61. The topological polar surface area (TPSA) is 66.7 Å². The molecule has 7 heteroatoms. The Bertz CT molecular complexity index is 955. The average Bonchev–Trinajstić information content (AvgIpc) is 3.10. The number of amides is 1. The lowest BCUT2D eigenvalue weighted by molar-refractivity contribution is 0.0861. The van der Waals surface area contributed by atoms with E-state index < -0.39 is 6.10 Å². The van der Waals surface area contributed by atoms with E-state index in [4.69, 9.17) is 4.74 Å². The van der Waals surface area contributed by atoms with Gasteiger partial charge >= 0.3 is 0 Å². The van der Waals surface area contributed by atoms with Gasteiger partial charge in [-0.05, 0) is 37.4 Å². The van der Waals surface area contributed by atoms with Gasteiger partial charge < -0.3 is 24.6 Å². The molecular formula is C23H30ClN3O3. The number of aliphatic hydroxyl groups is 1. The third kappa shape index (κ3) is 4.95. The molecule has 3 rings (SSSR count). The number of nitrogens with zero attached hydrogens (tertiary/aromatic N) is 2. The van der Waals surface area contributed by atoms with Crippen LogP contribution < -0.4 is 10.1 Å². The summed E-state index contributed by atoms with van der Waals surface area (Å²) in [6, 6.07) is 17.5. The van der Waals surface area contributed by atoms with Gasteiger partial charge in [-0.15, -0.1) is 12.4 Å². The van der Waals surface area contributed by atoms with E-state index in [9.17, 15) is 9.90 Å². The summed E-state index contributed by atoms with van der Waals surface area (Å²) in [7, 11) is 1.57. The number of carbonyl (C=O) groups is 1. The number of aliphatic hydroxyl groups excluding tert-OH is 1. The normalized spacial score (nSPS) is 11.9. The maximum absolute atomic E-state index is 13.2. The molecule has 1 aromatic heterocycles. The summed E-state index contributed by atoms with van der Waals surface area (Å²) in [5, 5.41) is 14.1. The van der Waals surface area contributed by atoms with Crippen LogP contribution >= 0.6 is 12.4 Å². The molecule has 3 aromatic rings. The van der Waals surface area contributed by atoms with Crippen LogP contribution in [-0.4, -0.2) is 59.9 Å². The summed E-state index contributed by atoms with van der Waals surface area (Å²) < 4.78 is 7.54. The van der Waals surface area contributed by atoms with Crippen LogP contribution in [0.15, 0.2) is 54.6 Å². The summed E-state index contributed by atoms with van der Waals surface area (Å²) in [6.07, 6.45) is -0.639. The van der Waals surface area contributed by atoms with E-state index in [1.165, 1.54) is 0 Å². The Balaban J connectivity index is 0.00000320. The van der Waals surface area contributed by atoms with Crippen LogP contribution in [0.3, 0.4) is 0 Å². The number of ether oxygens (including phenoxy) is 1. The highest BCUT2D eigenvalue weighted by molar-refractivity contribution is 6.05. The van der Waals surface area contributed by atoms with Crippen LogP contribution in [0.25, 0.3) is 16.6 Å². The number of para-hydroxylation sites is 2. The first kappa shape index (κ1) is 23.7. The minimum Gasteiger partial charge on any atom is -0.494 e. The molecule has 0 aliphatic carbocycles. The Morgan fingerprint density at radius 1 is 1.10 bits per heavy atom. The molecule has 30 heavy (non-hydrogen) atoms. The number of hydrogen-bond donors (Lipinski definition) is 2. The Morgan fingerprint density at radius 3 is 2.37 bits per heavy atom. The van der Waals surface area contributed by atoms with Crippen molar-refractivity contribution in [2.24, 2.45) is 0 Å². The van der Waals surface area contributed by atoms with E-state index in [0.717, 1.165) is 29.7 Å². The van der Waals surface area contributed by atoms with Gasteiger partial charge in [0, 0.05) is 24.2 Å². The number of hydrogen-bond acceptors (Lipinski definition) is 4. The molecule has 162 valence electrons. The predicted molar refractivity (Wildman–Crippen MR) is 123 cm³/mol. The van der Waals surface area contributed by atoms with Gasteiger partial charge in [0.25, 0.3) is 5.91 Å². The molecule has 1 unspecified atom stereocenters. The third-order valence-corrected chi connectivity index (χ3v) is 5.12. The van der Waals surface area contributed by atoms with Crippen LogP contribution in [-0.2, 0) is 0 Å². The molecule has 0 fully saturated rings. The molecule has 0 saturated heterocycles. The zero-order chi connectivity index (χ0) is 20.8. The van der Waals surface area contributed by atoms with Crippen molar-refractivity contribution in [2.75, 3.05) is 33.3 Å². The molecule has 0 saturated carbocycles. The number of halogens is 1. The third-order valence-electron chi connectivity index (χ3n) is 5.12. The molecular weight excluding hydrogens is 402 g/mol. The fraction of sp³-hybridized carbons (Fsp3) is 0.348. The standard InChI is InChI=1S/C23H29N3O3.ClH/c1-4-25(5-2)16-18(27)15-24-23(28)21-22(29-3)19-13-9-10-14-20(19)26(21)17-11-7-6-8-12-17;/h6-14,18,27H,4-5,15-16H2,1-3H3,(H,24,28);1H. The monoisotopic (exact) mass is 431 g/mol. The molecule has 0 aliphatic heterocycles. The van der Waals surface area contributed by atoms with E-state index in [1.807, 2.05) is 59.2 Å². The summed E-state index contributed by atoms with van der Waals surface area (Å²) >= 11 is 0. The molecule has 0 aliphatic rings. The van der Waals surface area contributed by atoms with Crippen molar-refractivity contribution in [3.63, 3.8) is 0 Å². The van der Waals surface area contributed by atoms with Crippen molar-refractivity contribution >= 4 is 29.2 Å². The van der Waals surface area contributed by atoms with Crippen LogP contribution in [0.1, 0.15) is 24.3 Å². The average molecular weight is 432 g/mol. The van der Waals surface area contributed by atoms with Gasteiger partial charge in [0.2, 0.25) is 0 Å². The van der Waals surface area contributed by atoms with E-state index in [0.29, 0.717) is 18.0 Å². The molecule has 1 amide bonds. The summed E-state index contributed by atoms with van der Waals surface area (Å²) in [5.41, 5.74) is 2.19. The Kier molecular flexibility index (Phi) is 8.72. The van der Waals surface area contributed by atoms with Crippen molar-refractivity contribution in [3.8, 4) is 11.4 Å². The Hall–Kier alpha value is -2.54. The molecule has 6 nitrogen and oxygen atoms in total. The van der Waals surface area contributed by atoms with Gasteiger partial charge in [0.1, 0.15) is 0 Å². The molecule has 1 atom stereocenters. The molecule has 0 radical (unpaired) electrons. The summed E-state index contributed by atoms with van der Waals surface area (Å²) in [4.78, 5) is 15.3. The van der Waals surface area contributed by atoms with Crippen molar-refractivity contribution in [2.45, 2.75) is 20.0 Å². The number of rotatable bonds is 9. The van der Waals surface area contributed by atoms with Crippen LogP contribution in [0.5, 0.6) is 5.75 Å². The van der Waals surface area contributed by atoms with Crippen LogP contribution in [0, 0.1) is 0 Å². The zero-order valence-electron chi connectivity index (χ0n) is 17.7. The Labute approximate surface area is 183 Å². The molecule has 0 spiro atoms. The highest BCUT2D eigenvalue weighted by Gasteiger charge is 2.25. The summed E-state index contributed by atoms with van der Waals surface area (Å²) in [5.74, 6) is 0.251. The van der Waals surface area contributed by atoms with Crippen molar-refractivity contribution in [1.29, 1.82) is 0 Å². The first-order chi connectivity index (χ1) is 14.1. The maximum atomic E-state index is 13.2. The van der Waals surface area contributed by atoms with E-state index >= 15 is 0 Å². The molecule has 2 aromatic carbocycles. The predicted octanol–water partition coefficient (Wildman–Crippen LogP) is 3.49.